The lowest BCUT2D eigenvalue weighted by Crippen LogP contribution is -2.25. The highest BCUT2D eigenvalue weighted by Crippen LogP contribution is 2.24. The fourth-order valence-electron chi connectivity index (χ4n) is 1.84. The maximum atomic E-state index is 5.99. The summed E-state index contributed by atoms with van der Waals surface area (Å²) < 4.78 is 10.5. The van der Waals surface area contributed by atoms with E-state index < -0.39 is 0 Å². The second-order valence-corrected chi connectivity index (χ2v) is 4.55. The molecule has 5 nitrogen and oxygen atoms in total. The van der Waals surface area contributed by atoms with Crippen molar-refractivity contribution in [3.8, 4) is 17.1 Å². The highest BCUT2D eigenvalue weighted by atomic mass is 16.5. The Bertz CT molecular complexity index is 539. The van der Waals surface area contributed by atoms with Crippen LogP contribution in [0.2, 0.25) is 0 Å². The fourth-order valence-corrected chi connectivity index (χ4v) is 1.84. The largest absolute Gasteiger partial charge is 0.497 e. The topological polar surface area (TPSA) is 74.2 Å². The van der Waals surface area contributed by atoms with E-state index in [-0.39, 0.29) is 12.0 Å². The van der Waals surface area contributed by atoms with Gasteiger partial charge in [0.05, 0.1) is 13.0 Å². The monoisotopic (exact) mass is 261 g/mol. The normalized spacial score (nSPS) is 14.1. The number of ether oxygens (including phenoxy) is 1. The van der Waals surface area contributed by atoms with Gasteiger partial charge in [0.2, 0.25) is 11.7 Å². The standard InChI is InChI=1S/C14H19N3O2/c1-4-12(15)9(2)14-16-13(17-19-14)10-6-5-7-11(8-10)18-3/h5-9,12H,4,15H2,1-3H3. The Balaban J connectivity index is 2.25. The van der Waals surface area contributed by atoms with Gasteiger partial charge in [-0.3, -0.25) is 0 Å². The van der Waals surface area contributed by atoms with Crippen molar-refractivity contribution in [3.05, 3.63) is 30.2 Å². The summed E-state index contributed by atoms with van der Waals surface area (Å²) in [5.74, 6) is 1.95. The molecular weight excluding hydrogens is 242 g/mol. The zero-order valence-electron chi connectivity index (χ0n) is 11.5. The number of nitrogens with zero attached hydrogens (tertiary/aromatic N) is 2. The fraction of sp³-hybridized carbons (Fsp3) is 0.429. The third kappa shape index (κ3) is 2.93. The number of methoxy groups -OCH3 is 1. The third-order valence-electron chi connectivity index (χ3n) is 3.27. The van der Waals surface area contributed by atoms with E-state index in [0.717, 1.165) is 17.7 Å². The summed E-state index contributed by atoms with van der Waals surface area (Å²) in [6, 6.07) is 7.59. The number of rotatable bonds is 5. The molecule has 0 amide bonds. The molecule has 0 fully saturated rings. The van der Waals surface area contributed by atoms with Crippen LogP contribution in [0.3, 0.4) is 0 Å². The zero-order chi connectivity index (χ0) is 13.8. The van der Waals surface area contributed by atoms with Crippen LogP contribution in [-0.2, 0) is 0 Å². The van der Waals surface area contributed by atoms with Crippen LogP contribution in [0.1, 0.15) is 32.1 Å². The molecule has 19 heavy (non-hydrogen) atoms. The first-order valence-corrected chi connectivity index (χ1v) is 6.39. The Morgan fingerprint density at radius 3 is 2.89 bits per heavy atom. The molecule has 0 spiro atoms. The highest BCUT2D eigenvalue weighted by Gasteiger charge is 2.20. The van der Waals surface area contributed by atoms with Crippen molar-refractivity contribution < 1.29 is 9.26 Å². The van der Waals surface area contributed by atoms with E-state index in [0.29, 0.717) is 11.7 Å². The number of hydrogen-bond acceptors (Lipinski definition) is 5. The summed E-state index contributed by atoms with van der Waals surface area (Å²) in [6.07, 6.45) is 0.873. The first-order chi connectivity index (χ1) is 9.15. The highest BCUT2D eigenvalue weighted by molar-refractivity contribution is 5.56. The Labute approximate surface area is 112 Å². The smallest absolute Gasteiger partial charge is 0.231 e. The van der Waals surface area contributed by atoms with Crippen LogP contribution in [0.4, 0.5) is 0 Å². The van der Waals surface area contributed by atoms with E-state index in [9.17, 15) is 0 Å². The maximum Gasteiger partial charge on any atom is 0.231 e. The minimum atomic E-state index is 0.0265. The van der Waals surface area contributed by atoms with Crippen molar-refractivity contribution in [1.29, 1.82) is 0 Å². The molecule has 0 saturated heterocycles. The molecule has 1 heterocycles. The molecule has 0 aliphatic heterocycles. The molecule has 2 rings (SSSR count). The van der Waals surface area contributed by atoms with Gasteiger partial charge in [0.1, 0.15) is 5.75 Å². The van der Waals surface area contributed by atoms with Crippen molar-refractivity contribution in [2.24, 2.45) is 5.73 Å². The van der Waals surface area contributed by atoms with Crippen LogP contribution in [0.25, 0.3) is 11.4 Å². The number of benzene rings is 1. The van der Waals surface area contributed by atoms with Crippen LogP contribution in [0.5, 0.6) is 5.75 Å². The molecule has 0 saturated carbocycles. The molecule has 0 bridgehead atoms. The van der Waals surface area contributed by atoms with E-state index in [1.165, 1.54) is 0 Å². The number of aromatic nitrogens is 2. The van der Waals surface area contributed by atoms with Crippen LogP contribution in [-0.4, -0.2) is 23.3 Å². The Hall–Kier alpha value is -1.88. The summed E-state index contributed by atoms with van der Waals surface area (Å²) >= 11 is 0. The molecule has 1 aromatic carbocycles. The molecule has 2 atom stereocenters. The maximum absolute atomic E-state index is 5.99. The summed E-state index contributed by atoms with van der Waals surface area (Å²) in [7, 11) is 1.63. The Morgan fingerprint density at radius 2 is 2.21 bits per heavy atom. The molecule has 0 aliphatic carbocycles. The summed E-state index contributed by atoms with van der Waals surface area (Å²) in [5.41, 5.74) is 6.86. The second kappa shape index (κ2) is 5.84. The van der Waals surface area contributed by atoms with Crippen LogP contribution < -0.4 is 10.5 Å². The van der Waals surface area contributed by atoms with E-state index in [1.54, 1.807) is 7.11 Å². The van der Waals surface area contributed by atoms with E-state index >= 15 is 0 Å². The Kier molecular flexibility index (Phi) is 4.16. The Morgan fingerprint density at radius 1 is 1.42 bits per heavy atom. The molecule has 2 unspecified atom stereocenters. The van der Waals surface area contributed by atoms with Crippen LogP contribution in [0, 0.1) is 0 Å². The molecule has 2 aromatic rings. The average Bonchev–Trinajstić information content (AvgIpc) is 2.95. The van der Waals surface area contributed by atoms with Gasteiger partial charge in [-0.25, -0.2) is 0 Å². The average molecular weight is 261 g/mol. The van der Waals surface area contributed by atoms with Gasteiger partial charge < -0.3 is 15.0 Å². The van der Waals surface area contributed by atoms with Crippen LogP contribution in [0.15, 0.2) is 28.8 Å². The lowest BCUT2D eigenvalue weighted by atomic mass is 10.0. The van der Waals surface area contributed by atoms with E-state index in [4.69, 9.17) is 15.0 Å². The first-order valence-electron chi connectivity index (χ1n) is 6.39. The van der Waals surface area contributed by atoms with Gasteiger partial charge in [-0.2, -0.15) is 4.98 Å². The van der Waals surface area contributed by atoms with Gasteiger partial charge >= 0.3 is 0 Å². The van der Waals surface area contributed by atoms with Crippen molar-refractivity contribution in [1.82, 2.24) is 10.1 Å². The van der Waals surface area contributed by atoms with Gasteiger partial charge in [0.15, 0.2) is 0 Å². The predicted octanol–water partition coefficient (Wildman–Crippen LogP) is 2.59. The molecular formula is C14H19N3O2. The van der Waals surface area contributed by atoms with Gasteiger partial charge in [0.25, 0.3) is 0 Å². The number of hydrogen-bond donors (Lipinski definition) is 1. The van der Waals surface area contributed by atoms with Crippen molar-refractivity contribution in [2.45, 2.75) is 32.2 Å². The minimum Gasteiger partial charge on any atom is -0.497 e. The quantitative estimate of drug-likeness (QED) is 0.895. The third-order valence-corrected chi connectivity index (χ3v) is 3.27. The molecule has 2 N–H and O–H groups in total. The lowest BCUT2D eigenvalue weighted by molar-refractivity contribution is 0.340. The van der Waals surface area contributed by atoms with Gasteiger partial charge in [-0.05, 0) is 18.6 Å². The SMILES string of the molecule is CCC(N)C(C)c1nc(-c2cccc(OC)c2)no1. The zero-order valence-corrected chi connectivity index (χ0v) is 11.5. The van der Waals surface area contributed by atoms with Gasteiger partial charge in [0, 0.05) is 11.6 Å². The van der Waals surface area contributed by atoms with E-state index in [2.05, 4.69) is 10.1 Å². The van der Waals surface area contributed by atoms with Crippen molar-refractivity contribution in [2.75, 3.05) is 7.11 Å². The van der Waals surface area contributed by atoms with Crippen LogP contribution >= 0.6 is 0 Å². The van der Waals surface area contributed by atoms with E-state index in [1.807, 2.05) is 38.1 Å². The summed E-state index contributed by atoms with van der Waals surface area (Å²) in [6.45, 7) is 4.04. The van der Waals surface area contributed by atoms with Crippen molar-refractivity contribution in [3.63, 3.8) is 0 Å². The molecule has 102 valence electrons. The first kappa shape index (κ1) is 13.5. The molecule has 1 aromatic heterocycles. The molecule has 0 radical (unpaired) electrons. The summed E-state index contributed by atoms with van der Waals surface area (Å²) in [4.78, 5) is 4.41. The van der Waals surface area contributed by atoms with Gasteiger partial charge in [-0.15, -0.1) is 0 Å². The molecule has 5 heteroatoms. The lowest BCUT2D eigenvalue weighted by Gasteiger charge is -2.13. The minimum absolute atomic E-state index is 0.0265. The predicted molar refractivity (Wildman–Crippen MR) is 73.0 cm³/mol. The van der Waals surface area contributed by atoms with Crippen molar-refractivity contribution >= 4 is 0 Å². The molecule has 0 aliphatic rings. The number of nitrogens with two attached hydrogens (primary N) is 1. The second-order valence-electron chi connectivity index (χ2n) is 4.55. The summed E-state index contributed by atoms with van der Waals surface area (Å²) in [5, 5.41) is 4.00. The van der Waals surface area contributed by atoms with Gasteiger partial charge in [-0.1, -0.05) is 31.1 Å².